The fraction of sp³-hybridized carbons (Fsp3) is 0.833. The van der Waals surface area contributed by atoms with E-state index >= 15 is 0 Å². The molecular formula is C12H24N2. The molecule has 0 amide bonds. The summed E-state index contributed by atoms with van der Waals surface area (Å²) in [6.45, 7) is 7.74. The van der Waals surface area contributed by atoms with E-state index in [2.05, 4.69) is 36.6 Å². The van der Waals surface area contributed by atoms with Gasteiger partial charge in [-0.25, -0.2) is 0 Å². The molecule has 2 nitrogen and oxygen atoms in total. The summed E-state index contributed by atoms with van der Waals surface area (Å²) >= 11 is 0. The van der Waals surface area contributed by atoms with Crippen molar-refractivity contribution in [3.05, 3.63) is 12.2 Å². The van der Waals surface area contributed by atoms with E-state index in [1.165, 1.54) is 25.8 Å². The van der Waals surface area contributed by atoms with Crippen LogP contribution < -0.4 is 10.6 Å². The van der Waals surface area contributed by atoms with Crippen molar-refractivity contribution in [3.63, 3.8) is 0 Å². The van der Waals surface area contributed by atoms with E-state index in [0.29, 0.717) is 6.04 Å². The molecule has 0 radical (unpaired) electrons. The van der Waals surface area contributed by atoms with Crippen molar-refractivity contribution in [2.24, 2.45) is 5.92 Å². The lowest BCUT2D eigenvalue weighted by atomic mass is 9.94. The van der Waals surface area contributed by atoms with Crippen LogP contribution in [-0.4, -0.2) is 25.7 Å². The number of rotatable bonds is 6. The molecule has 0 bridgehead atoms. The van der Waals surface area contributed by atoms with Crippen LogP contribution >= 0.6 is 0 Å². The van der Waals surface area contributed by atoms with Crippen LogP contribution in [0.25, 0.3) is 0 Å². The van der Waals surface area contributed by atoms with E-state index in [1.54, 1.807) is 0 Å². The monoisotopic (exact) mass is 196 g/mol. The minimum absolute atomic E-state index is 0.606. The summed E-state index contributed by atoms with van der Waals surface area (Å²) in [7, 11) is 0. The molecule has 0 aliphatic heterocycles. The van der Waals surface area contributed by atoms with Crippen molar-refractivity contribution in [2.45, 2.75) is 39.2 Å². The standard InChI is InChI=1S/C12H24N2/c1-11(2)14-9-8-13-10-12-6-4-3-5-7-12/h3-4,11-14H,5-10H2,1-2H3. The SMILES string of the molecule is CC(C)NCCNCC1CC=CCC1. The topological polar surface area (TPSA) is 24.1 Å². The molecule has 0 aromatic rings. The summed E-state index contributed by atoms with van der Waals surface area (Å²) in [6, 6.07) is 0.606. The van der Waals surface area contributed by atoms with E-state index in [9.17, 15) is 0 Å². The Morgan fingerprint density at radius 2 is 2.14 bits per heavy atom. The van der Waals surface area contributed by atoms with Crippen molar-refractivity contribution in [1.29, 1.82) is 0 Å². The van der Waals surface area contributed by atoms with Crippen molar-refractivity contribution in [3.8, 4) is 0 Å². The molecule has 0 aromatic heterocycles. The lowest BCUT2D eigenvalue weighted by molar-refractivity contribution is 0.435. The normalized spacial score (nSPS) is 21.8. The van der Waals surface area contributed by atoms with Crippen molar-refractivity contribution >= 4 is 0 Å². The van der Waals surface area contributed by atoms with Crippen molar-refractivity contribution < 1.29 is 0 Å². The predicted octanol–water partition coefficient (Wildman–Crippen LogP) is 1.93. The smallest absolute Gasteiger partial charge is 0.00790 e. The Balaban J connectivity index is 1.90. The largest absolute Gasteiger partial charge is 0.315 e. The highest BCUT2D eigenvalue weighted by Crippen LogP contribution is 2.16. The molecule has 1 aliphatic carbocycles. The summed E-state index contributed by atoms with van der Waals surface area (Å²) in [4.78, 5) is 0. The predicted molar refractivity (Wildman–Crippen MR) is 62.5 cm³/mol. The average Bonchev–Trinajstić information content (AvgIpc) is 2.18. The van der Waals surface area contributed by atoms with Gasteiger partial charge in [0.05, 0.1) is 0 Å². The first-order chi connectivity index (χ1) is 6.79. The first kappa shape index (κ1) is 11.7. The van der Waals surface area contributed by atoms with Crippen LogP contribution in [0.3, 0.4) is 0 Å². The van der Waals surface area contributed by atoms with E-state index in [1.807, 2.05) is 0 Å². The maximum absolute atomic E-state index is 3.51. The van der Waals surface area contributed by atoms with E-state index in [4.69, 9.17) is 0 Å². The second kappa shape index (κ2) is 7.02. The zero-order chi connectivity index (χ0) is 10.2. The molecule has 0 heterocycles. The lowest BCUT2D eigenvalue weighted by Crippen LogP contribution is -2.33. The van der Waals surface area contributed by atoms with Gasteiger partial charge < -0.3 is 10.6 Å². The second-order valence-electron chi connectivity index (χ2n) is 4.46. The summed E-state index contributed by atoms with van der Waals surface area (Å²) in [6.07, 6.45) is 8.53. The molecule has 1 aliphatic rings. The van der Waals surface area contributed by atoms with Gasteiger partial charge in [-0.2, -0.15) is 0 Å². The third kappa shape index (κ3) is 5.40. The van der Waals surface area contributed by atoms with Gasteiger partial charge in [-0.1, -0.05) is 26.0 Å². The first-order valence-electron chi connectivity index (χ1n) is 5.88. The summed E-state index contributed by atoms with van der Waals surface area (Å²) in [5, 5.41) is 6.92. The second-order valence-corrected chi connectivity index (χ2v) is 4.46. The lowest BCUT2D eigenvalue weighted by Gasteiger charge is -2.18. The van der Waals surface area contributed by atoms with Crippen LogP contribution in [-0.2, 0) is 0 Å². The minimum atomic E-state index is 0.606. The van der Waals surface area contributed by atoms with Gasteiger partial charge in [-0.15, -0.1) is 0 Å². The molecule has 0 spiro atoms. The van der Waals surface area contributed by atoms with Gasteiger partial charge >= 0.3 is 0 Å². The Morgan fingerprint density at radius 3 is 2.79 bits per heavy atom. The van der Waals surface area contributed by atoms with Gasteiger partial charge in [0.15, 0.2) is 0 Å². The highest BCUT2D eigenvalue weighted by atomic mass is 15.0. The molecule has 0 saturated heterocycles. The van der Waals surface area contributed by atoms with Crippen LogP contribution in [0.2, 0.25) is 0 Å². The number of hydrogen-bond donors (Lipinski definition) is 2. The van der Waals surface area contributed by atoms with Crippen LogP contribution in [0, 0.1) is 5.92 Å². The third-order valence-corrected chi connectivity index (χ3v) is 2.67. The molecule has 0 saturated carbocycles. The molecule has 14 heavy (non-hydrogen) atoms. The number of nitrogens with one attached hydrogen (secondary N) is 2. The van der Waals surface area contributed by atoms with Crippen molar-refractivity contribution in [1.82, 2.24) is 10.6 Å². The van der Waals surface area contributed by atoms with E-state index < -0.39 is 0 Å². The minimum Gasteiger partial charge on any atom is -0.315 e. The average molecular weight is 196 g/mol. The molecule has 2 heteroatoms. The van der Waals surface area contributed by atoms with Crippen LogP contribution in [0.15, 0.2) is 12.2 Å². The van der Waals surface area contributed by atoms with Crippen molar-refractivity contribution in [2.75, 3.05) is 19.6 Å². The van der Waals surface area contributed by atoms with Crippen LogP contribution in [0.5, 0.6) is 0 Å². The molecule has 82 valence electrons. The molecule has 2 N–H and O–H groups in total. The van der Waals surface area contributed by atoms with Crippen LogP contribution in [0.1, 0.15) is 33.1 Å². The summed E-state index contributed by atoms with van der Waals surface area (Å²) < 4.78 is 0. The Kier molecular flexibility index (Phi) is 5.88. The Morgan fingerprint density at radius 1 is 1.29 bits per heavy atom. The van der Waals surface area contributed by atoms with Gasteiger partial charge in [0.25, 0.3) is 0 Å². The summed E-state index contributed by atoms with van der Waals surface area (Å²) in [5.74, 6) is 0.874. The third-order valence-electron chi connectivity index (χ3n) is 2.67. The fourth-order valence-electron chi connectivity index (χ4n) is 1.80. The molecule has 0 fully saturated rings. The van der Waals surface area contributed by atoms with E-state index in [0.717, 1.165) is 19.0 Å². The fourth-order valence-corrected chi connectivity index (χ4v) is 1.80. The zero-order valence-electron chi connectivity index (χ0n) is 9.55. The molecule has 0 aromatic carbocycles. The van der Waals surface area contributed by atoms with Crippen LogP contribution in [0.4, 0.5) is 0 Å². The molecule has 1 unspecified atom stereocenters. The Bertz CT molecular complexity index is 164. The quantitative estimate of drug-likeness (QED) is 0.501. The first-order valence-corrected chi connectivity index (χ1v) is 5.88. The molecule has 1 atom stereocenters. The number of allylic oxidation sites excluding steroid dienone is 2. The maximum Gasteiger partial charge on any atom is 0.00790 e. The molecular weight excluding hydrogens is 172 g/mol. The van der Waals surface area contributed by atoms with Gasteiger partial charge in [0.2, 0.25) is 0 Å². The highest BCUT2D eigenvalue weighted by Gasteiger charge is 2.08. The van der Waals surface area contributed by atoms with Gasteiger partial charge in [0, 0.05) is 19.1 Å². The maximum atomic E-state index is 3.51. The highest BCUT2D eigenvalue weighted by molar-refractivity contribution is 4.90. The number of hydrogen-bond acceptors (Lipinski definition) is 2. The Hall–Kier alpha value is -0.340. The molecule has 1 rings (SSSR count). The van der Waals surface area contributed by atoms with Gasteiger partial charge in [-0.3, -0.25) is 0 Å². The van der Waals surface area contributed by atoms with E-state index in [-0.39, 0.29) is 0 Å². The zero-order valence-corrected chi connectivity index (χ0v) is 9.55. The summed E-state index contributed by atoms with van der Waals surface area (Å²) in [5.41, 5.74) is 0. The van der Waals surface area contributed by atoms with Gasteiger partial charge in [-0.05, 0) is 31.7 Å². The van der Waals surface area contributed by atoms with Gasteiger partial charge in [0.1, 0.15) is 0 Å². The Labute approximate surface area is 88.2 Å².